The molecular formula is C36H36Cl3N3O4S. The van der Waals surface area contributed by atoms with Gasteiger partial charge in [-0.05, 0) is 66.4 Å². The molecule has 0 bridgehead atoms. The molecule has 1 aliphatic rings. The Morgan fingerprint density at radius 3 is 2.00 bits per heavy atom. The molecule has 1 N–H and O–H groups in total. The Labute approximate surface area is 291 Å². The van der Waals surface area contributed by atoms with Crippen LogP contribution in [-0.4, -0.2) is 43.8 Å². The maximum atomic E-state index is 14.6. The number of carbonyl (C=O) groups is 2. The van der Waals surface area contributed by atoms with Crippen molar-refractivity contribution in [3.63, 3.8) is 0 Å². The van der Waals surface area contributed by atoms with Gasteiger partial charge in [0.2, 0.25) is 11.8 Å². The molecule has 4 aromatic carbocycles. The van der Waals surface area contributed by atoms with Crippen molar-refractivity contribution in [2.45, 2.75) is 62.0 Å². The van der Waals surface area contributed by atoms with E-state index < -0.39 is 28.5 Å². The summed E-state index contributed by atoms with van der Waals surface area (Å²) in [5.41, 5.74) is 1.67. The van der Waals surface area contributed by atoms with Crippen molar-refractivity contribution in [3.8, 4) is 0 Å². The Balaban J connectivity index is 1.58. The van der Waals surface area contributed by atoms with Gasteiger partial charge in [-0.3, -0.25) is 13.9 Å². The van der Waals surface area contributed by atoms with Gasteiger partial charge in [-0.2, -0.15) is 0 Å². The fraction of sp³-hybridized carbons (Fsp3) is 0.278. The third-order valence-electron chi connectivity index (χ3n) is 8.21. The third-order valence-corrected chi connectivity index (χ3v) is 10.7. The number of nitrogens with one attached hydrogen (secondary N) is 1. The lowest BCUT2D eigenvalue weighted by Crippen LogP contribution is -2.55. The Bertz CT molecular complexity index is 1770. The van der Waals surface area contributed by atoms with Crippen molar-refractivity contribution in [1.82, 2.24) is 10.2 Å². The van der Waals surface area contributed by atoms with Gasteiger partial charge in [-0.15, -0.1) is 0 Å². The summed E-state index contributed by atoms with van der Waals surface area (Å²) in [6.07, 6.45) is 5.12. The molecule has 4 aromatic rings. The molecule has 0 aromatic heterocycles. The molecule has 0 heterocycles. The fourth-order valence-corrected chi connectivity index (χ4v) is 8.01. The van der Waals surface area contributed by atoms with Gasteiger partial charge in [0.1, 0.15) is 12.6 Å². The first-order chi connectivity index (χ1) is 22.6. The van der Waals surface area contributed by atoms with Gasteiger partial charge in [-0.25, -0.2) is 8.42 Å². The third kappa shape index (κ3) is 9.29. The van der Waals surface area contributed by atoms with Crippen LogP contribution in [0.4, 0.5) is 5.69 Å². The molecule has 7 nitrogen and oxygen atoms in total. The Kier molecular flexibility index (Phi) is 11.9. The highest BCUT2D eigenvalue weighted by molar-refractivity contribution is 7.92. The first-order valence-corrected chi connectivity index (χ1v) is 18.1. The molecule has 0 unspecified atom stereocenters. The number of halogens is 3. The van der Waals surface area contributed by atoms with E-state index in [1.165, 1.54) is 35.2 Å². The number of anilines is 1. The topological polar surface area (TPSA) is 86.8 Å². The molecule has 2 amide bonds. The SMILES string of the molecule is O=C(NC1CCCCC1)[C@H](Cc1ccccc1)N(Cc1cccc(Cl)c1)C(=O)CN(c1cc(Cl)cc(Cl)c1)S(=O)(=O)c1ccccc1. The lowest BCUT2D eigenvalue weighted by molar-refractivity contribution is -0.140. The summed E-state index contributed by atoms with van der Waals surface area (Å²) in [6.45, 7) is -0.596. The predicted octanol–water partition coefficient (Wildman–Crippen LogP) is 7.93. The quantitative estimate of drug-likeness (QED) is 0.162. The van der Waals surface area contributed by atoms with Crippen LogP contribution in [0.25, 0.3) is 0 Å². The standard InChI is InChI=1S/C36H36Cl3N3O4S/c37-28-14-10-13-27(19-28)24-41(34(20-26-11-4-1-5-12-26)36(44)40-31-15-6-2-7-16-31)35(43)25-42(32-22-29(38)21-30(39)23-32)47(45,46)33-17-8-3-9-18-33/h1,3-5,8-14,17-19,21-23,31,34H,2,6-7,15-16,20,24-25H2,(H,40,44)/t34-/m0/s1. The second-order valence-corrected chi connectivity index (χ2v) is 14.8. The lowest BCUT2D eigenvalue weighted by atomic mass is 9.94. The number of hydrogen-bond donors (Lipinski definition) is 1. The second-order valence-electron chi connectivity index (χ2n) is 11.7. The first-order valence-electron chi connectivity index (χ1n) is 15.5. The summed E-state index contributed by atoms with van der Waals surface area (Å²) >= 11 is 19.0. The molecule has 5 rings (SSSR count). The fourth-order valence-electron chi connectivity index (χ4n) is 5.86. The Hall–Kier alpha value is -3.56. The van der Waals surface area contributed by atoms with E-state index in [0.29, 0.717) is 10.6 Å². The molecule has 0 spiro atoms. The summed E-state index contributed by atoms with van der Waals surface area (Å²) in [5.74, 6) is -0.875. The highest BCUT2D eigenvalue weighted by atomic mass is 35.5. The van der Waals surface area contributed by atoms with Crippen LogP contribution in [0.3, 0.4) is 0 Å². The molecule has 1 saturated carbocycles. The number of benzene rings is 4. The summed E-state index contributed by atoms with van der Waals surface area (Å²) in [6, 6.07) is 27.8. The minimum Gasteiger partial charge on any atom is -0.352 e. The zero-order valence-corrected chi connectivity index (χ0v) is 28.8. The molecule has 246 valence electrons. The van der Waals surface area contributed by atoms with Crippen LogP contribution in [0.5, 0.6) is 0 Å². The lowest BCUT2D eigenvalue weighted by Gasteiger charge is -2.35. The van der Waals surface area contributed by atoms with E-state index in [4.69, 9.17) is 34.8 Å². The second kappa shape index (κ2) is 16.0. The maximum Gasteiger partial charge on any atom is 0.264 e. The molecule has 47 heavy (non-hydrogen) atoms. The van der Waals surface area contributed by atoms with E-state index in [1.54, 1.807) is 36.4 Å². The van der Waals surface area contributed by atoms with Crippen molar-refractivity contribution in [2.24, 2.45) is 0 Å². The van der Waals surface area contributed by atoms with Crippen LogP contribution in [0, 0.1) is 0 Å². The van der Waals surface area contributed by atoms with Gasteiger partial charge in [0.15, 0.2) is 0 Å². The van der Waals surface area contributed by atoms with Crippen LogP contribution < -0.4 is 9.62 Å². The van der Waals surface area contributed by atoms with Gasteiger partial charge in [0.05, 0.1) is 10.6 Å². The van der Waals surface area contributed by atoms with E-state index >= 15 is 0 Å². The molecule has 0 saturated heterocycles. The van der Waals surface area contributed by atoms with Crippen molar-refractivity contribution in [1.29, 1.82) is 0 Å². The monoisotopic (exact) mass is 711 g/mol. The van der Waals surface area contributed by atoms with Crippen LogP contribution in [-0.2, 0) is 32.6 Å². The summed E-state index contributed by atoms with van der Waals surface area (Å²) < 4.78 is 29.3. The number of carbonyl (C=O) groups excluding carboxylic acids is 2. The molecule has 1 atom stereocenters. The van der Waals surface area contributed by atoms with Crippen molar-refractivity contribution < 1.29 is 18.0 Å². The molecule has 0 aliphatic heterocycles. The normalized spacial score (nSPS) is 14.3. The Morgan fingerprint density at radius 2 is 1.36 bits per heavy atom. The first kappa shape index (κ1) is 34.8. The van der Waals surface area contributed by atoms with E-state index in [1.807, 2.05) is 36.4 Å². The van der Waals surface area contributed by atoms with E-state index in [0.717, 1.165) is 42.0 Å². The maximum absolute atomic E-state index is 14.6. The Morgan fingerprint density at radius 1 is 0.745 bits per heavy atom. The number of rotatable bonds is 12. The largest absolute Gasteiger partial charge is 0.352 e. The molecule has 1 fully saturated rings. The smallest absolute Gasteiger partial charge is 0.264 e. The molecule has 0 radical (unpaired) electrons. The van der Waals surface area contributed by atoms with Gasteiger partial charge in [0, 0.05) is 34.1 Å². The highest BCUT2D eigenvalue weighted by Gasteiger charge is 2.35. The summed E-state index contributed by atoms with van der Waals surface area (Å²) in [7, 11) is -4.28. The predicted molar refractivity (Wildman–Crippen MR) is 188 cm³/mol. The average molecular weight is 713 g/mol. The van der Waals surface area contributed by atoms with E-state index in [2.05, 4.69) is 5.32 Å². The number of amides is 2. The minimum atomic E-state index is -4.28. The van der Waals surface area contributed by atoms with Gasteiger partial charge >= 0.3 is 0 Å². The van der Waals surface area contributed by atoms with Gasteiger partial charge < -0.3 is 10.2 Å². The van der Waals surface area contributed by atoms with Crippen molar-refractivity contribution in [2.75, 3.05) is 10.8 Å². The highest BCUT2D eigenvalue weighted by Crippen LogP contribution is 2.30. The molecule has 11 heteroatoms. The molecular weight excluding hydrogens is 677 g/mol. The van der Waals surface area contributed by atoms with Gasteiger partial charge in [0.25, 0.3) is 10.0 Å². The summed E-state index contributed by atoms with van der Waals surface area (Å²) in [5, 5.41) is 4.09. The number of sulfonamides is 1. The van der Waals surface area contributed by atoms with E-state index in [-0.39, 0.29) is 45.5 Å². The van der Waals surface area contributed by atoms with Crippen LogP contribution in [0.1, 0.15) is 43.2 Å². The van der Waals surface area contributed by atoms with E-state index in [9.17, 15) is 18.0 Å². The van der Waals surface area contributed by atoms with Gasteiger partial charge in [-0.1, -0.05) is 115 Å². The van der Waals surface area contributed by atoms with Crippen molar-refractivity contribution in [3.05, 3.63) is 129 Å². The number of hydrogen-bond acceptors (Lipinski definition) is 4. The zero-order chi connectivity index (χ0) is 33.4. The van der Waals surface area contributed by atoms with Crippen molar-refractivity contribution >= 4 is 62.3 Å². The average Bonchev–Trinajstić information content (AvgIpc) is 3.06. The van der Waals surface area contributed by atoms with Crippen LogP contribution >= 0.6 is 34.8 Å². The van der Waals surface area contributed by atoms with Crippen LogP contribution in [0.2, 0.25) is 15.1 Å². The zero-order valence-electron chi connectivity index (χ0n) is 25.7. The number of nitrogens with zero attached hydrogens (tertiary/aromatic N) is 2. The van der Waals surface area contributed by atoms with Crippen LogP contribution in [0.15, 0.2) is 108 Å². The molecule has 1 aliphatic carbocycles. The minimum absolute atomic E-state index is 0.00112. The summed E-state index contributed by atoms with van der Waals surface area (Å²) in [4.78, 5) is 30.3.